The second-order valence-corrected chi connectivity index (χ2v) is 13.1. The molecule has 5 aromatic rings. The van der Waals surface area contributed by atoms with E-state index in [1.165, 1.54) is 34.9 Å². The zero-order chi connectivity index (χ0) is 32.8. The molecule has 0 atom stereocenters. The number of aryl methyl sites for hydroxylation is 1. The Balaban J connectivity index is 0.00000451. The normalized spacial score (nSPS) is 13.5. The number of hydrogen-bond acceptors (Lipinski definition) is 10. The number of ether oxygens (including phenoxy) is 1. The summed E-state index contributed by atoms with van der Waals surface area (Å²) < 4.78 is 34.8. The van der Waals surface area contributed by atoms with Gasteiger partial charge in [-0.3, -0.25) is 9.59 Å². The SMILES string of the molecule is Cc1ccc(S(=O)(=O)NC(=O)Cc2ccc(NC3=NC(=O)/C(=C\c4ccc(-n5cnnn5)cc4OCc4ccccc4)S3)cc2)cc1.[NaH]. The summed E-state index contributed by atoms with van der Waals surface area (Å²) in [6.45, 7) is 2.17. The van der Waals surface area contributed by atoms with Gasteiger partial charge in [-0.25, -0.2) is 17.8 Å². The zero-order valence-corrected chi connectivity index (χ0v) is 26.5. The number of nitrogens with zero attached hydrogens (tertiary/aromatic N) is 5. The molecule has 0 aliphatic carbocycles. The molecule has 0 spiro atoms. The molecule has 4 aromatic carbocycles. The average Bonchev–Trinajstić information content (AvgIpc) is 3.72. The molecule has 0 bridgehead atoms. The minimum absolute atomic E-state index is 0. The third-order valence-electron chi connectivity index (χ3n) is 6.90. The van der Waals surface area contributed by atoms with Crippen molar-refractivity contribution in [3.63, 3.8) is 0 Å². The van der Waals surface area contributed by atoms with E-state index in [-0.39, 0.29) is 40.9 Å². The van der Waals surface area contributed by atoms with Crippen LogP contribution in [0.1, 0.15) is 22.3 Å². The molecule has 0 radical (unpaired) electrons. The van der Waals surface area contributed by atoms with E-state index in [0.29, 0.717) is 44.9 Å². The topological polar surface area (TPSA) is 158 Å². The number of aliphatic imine (C=N–C) groups is 1. The molecule has 0 saturated heterocycles. The number of benzene rings is 4. The van der Waals surface area contributed by atoms with Crippen LogP contribution in [0.25, 0.3) is 11.8 Å². The molecule has 0 fully saturated rings. The number of aromatic nitrogens is 4. The van der Waals surface area contributed by atoms with Crippen molar-refractivity contribution in [1.82, 2.24) is 24.9 Å². The second kappa shape index (κ2) is 15.5. The summed E-state index contributed by atoms with van der Waals surface area (Å²) in [5.41, 5.74) is 4.51. The van der Waals surface area contributed by atoms with Crippen LogP contribution in [0.2, 0.25) is 0 Å². The van der Waals surface area contributed by atoms with Crippen LogP contribution >= 0.6 is 11.8 Å². The number of carbonyl (C=O) groups excluding carboxylic acids is 2. The average molecular weight is 690 g/mol. The molecule has 48 heavy (non-hydrogen) atoms. The number of tetrazole rings is 1. The van der Waals surface area contributed by atoms with Gasteiger partial charge in [0.15, 0.2) is 5.17 Å². The number of amides is 2. The fourth-order valence-corrected chi connectivity index (χ4v) is 6.31. The fourth-order valence-electron chi connectivity index (χ4n) is 4.51. The monoisotopic (exact) mass is 689 g/mol. The Morgan fingerprint density at radius 1 is 0.958 bits per heavy atom. The van der Waals surface area contributed by atoms with Crippen LogP contribution in [-0.4, -0.2) is 75.2 Å². The molecule has 12 nitrogen and oxygen atoms in total. The van der Waals surface area contributed by atoms with Crippen LogP contribution in [0.5, 0.6) is 5.75 Å². The van der Waals surface area contributed by atoms with E-state index >= 15 is 0 Å². The van der Waals surface area contributed by atoms with Crippen molar-refractivity contribution in [2.24, 2.45) is 4.99 Å². The quantitative estimate of drug-likeness (QED) is 0.162. The number of thioether (sulfide) groups is 1. The molecule has 238 valence electrons. The van der Waals surface area contributed by atoms with Crippen molar-refractivity contribution in [3.05, 3.63) is 131 Å². The van der Waals surface area contributed by atoms with Gasteiger partial charge in [-0.05, 0) is 82.7 Å². The van der Waals surface area contributed by atoms with Gasteiger partial charge in [-0.2, -0.15) is 4.99 Å². The molecule has 0 saturated carbocycles. The van der Waals surface area contributed by atoms with Gasteiger partial charge in [-0.1, -0.05) is 60.2 Å². The van der Waals surface area contributed by atoms with Gasteiger partial charge in [0.05, 0.1) is 21.9 Å². The van der Waals surface area contributed by atoms with Gasteiger partial charge in [0.1, 0.15) is 18.7 Å². The Hall–Kier alpha value is -4.60. The molecular weight excluding hydrogens is 662 g/mol. The maximum absolute atomic E-state index is 12.9. The van der Waals surface area contributed by atoms with Crippen molar-refractivity contribution >= 4 is 80.1 Å². The predicted molar refractivity (Wildman–Crippen MR) is 185 cm³/mol. The van der Waals surface area contributed by atoms with E-state index in [4.69, 9.17) is 4.74 Å². The summed E-state index contributed by atoms with van der Waals surface area (Å²) in [5.74, 6) is -0.518. The Bertz CT molecular complexity index is 2090. The number of hydrogen-bond donors (Lipinski definition) is 2. The first-order valence-corrected chi connectivity index (χ1v) is 16.6. The first-order valence-electron chi connectivity index (χ1n) is 14.3. The summed E-state index contributed by atoms with van der Waals surface area (Å²) in [7, 11) is -3.97. The molecule has 2 heterocycles. The Morgan fingerprint density at radius 2 is 1.71 bits per heavy atom. The van der Waals surface area contributed by atoms with Gasteiger partial charge in [0, 0.05) is 17.3 Å². The van der Waals surface area contributed by atoms with Crippen molar-refractivity contribution in [2.45, 2.75) is 24.8 Å². The number of carbonyl (C=O) groups is 2. The van der Waals surface area contributed by atoms with E-state index in [9.17, 15) is 18.0 Å². The third-order valence-corrected chi connectivity index (χ3v) is 9.19. The molecule has 6 rings (SSSR count). The van der Waals surface area contributed by atoms with Crippen LogP contribution < -0.4 is 14.8 Å². The fraction of sp³-hybridized carbons (Fsp3) is 0.0909. The molecule has 2 amide bonds. The first-order chi connectivity index (χ1) is 22.7. The summed E-state index contributed by atoms with van der Waals surface area (Å²) in [6.07, 6.45) is 3.07. The number of anilines is 1. The van der Waals surface area contributed by atoms with Crippen LogP contribution in [0.4, 0.5) is 5.69 Å². The maximum atomic E-state index is 12.9. The van der Waals surface area contributed by atoms with Crippen molar-refractivity contribution < 1.29 is 22.7 Å². The molecular formula is C33H28N7NaO5S2. The van der Waals surface area contributed by atoms with Gasteiger partial charge >= 0.3 is 29.6 Å². The molecule has 2 N–H and O–H groups in total. The van der Waals surface area contributed by atoms with E-state index < -0.39 is 21.8 Å². The van der Waals surface area contributed by atoms with Crippen molar-refractivity contribution in [1.29, 1.82) is 0 Å². The van der Waals surface area contributed by atoms with E-state index in [1.807, 2.05) is 49.4 Å². The minimum atomic E-state index is -3.97. The number of amidine groups is 1. The number of nitrogens with one attached hydrogen (secondary N) is 2. The van der Waals surface area contributed by atoms with Gasteiger partial charge in [0.25, 0.3) is 15.9 Å². The number of sulfonamides is 1. The van der Waals surface area contributed by atoms with E-state index in [1.54, 1.807) is 48.5 Å². The summed E-state index contributed by atoms with van der Waals surface area (Å²) in [4.78, 5) is 29.9. The molecule has 1 aliphatic rings. The number of rotatable bonds is 10. The predicted octanol–water partition coefficient (Wildman–Crippen LogP) is 4.03. The summed E-state index contributed by atoms with van der Waals surface area (Å²) in [6, 6.07) is 28.2. The van der Waals surface area contributed by atoms with Gasteiger partial charge in [0.2, 0.25) is 5.91 Å². The summed E-state index contributed by atoms with van der Waals surface area (Å²) >= 11 is 1.18. The standard InChI is InChI=1S/C33H27N7O5S2.Na.H/c1-22-7-15-28(16-8-22)47(43,44)37-31(41)17-23-9-12-26(13-10-23)35-33-36-32(42)30(46-33)18-25-11-14-27(40-21-34-38-39-40)19-29(25)45-20-24-5-3-2-4-6-24;;/h2-16,18-19,21H,17,20H2,1H3,(H,37,41)(H,35,36,42);;/b30-18+;;. The second-order valence-electron chi connectivity index (χ2n) is 10.4. The first kappa shape index (κ1) is 34.7. The molecule has 1 aliphatic heterocycles. The van der Waals surface area contributed by atoms with E-state index in [2.05, 4.69) is 30.6 Å². The summed E-state index contributed by atoms with van der Waals surface area (Å²) in [5, 5.41) is 14.8. The Kier molecular flexibility index (Phi) is 11.2. The Labute approximate surface area is 303 Å². The molecule has 1 aromatic heterocycles. The van der Waals surface area contributed by atoms with Gasteiger partial charge < -0.3 is 10.1 Å². The van der Waals surface area contributed by atoms with Crippen molar-refractivity contribution in [2.75, 3.05) is 5.32 Å². The van der Waals surface area contributed by atoms with Crippen LogP contribution in [0, 0.1) is 6.92 Å². The third kappa shape index (κ3) is 8.85. The molecule has 15 heteroatoms. The Morgan fingerprint density at radius 3 is 2.42 bits per heavy atom. The van der Waals surface area contributed by atoms with Crippen molar-refractivity contribution in [3.8, 4) is 11.4 Å². The molecule has 0 unspecified atom stereocenters. The van der Waals surface area contributed by atoms with Crippen LogP contribution in [0.15, 0.2) is 118 Å². The van der Waals surface area contributed by atoms with Crippen LogP contribution in [-0.2, 0) is 32.6 Å². The van der Waals surface area contributed by atoms with E-state index in [0.717, 1.165) is 11.1 Å². The van der Waals surface area contributed by atoms with Gasteiger partial charge in [-0.15, -0.1) is 5.10 Å². The zero-order valence-electron chi connectivity index (χ0n) is 24.9. The van der Waals surface area contributed by atoms with Crippen LogP contribution in [0.3, 0.4) is 0 Å².